The van der Waals surface area contributed by atoms with E-state index < -0.39 is 23.8 Å². The minimum atomic E-state index is -0.555. The lowest BCUT2D eigenvalue weighted by Gasteiger charge is -2.42. The largest absolute Gasteiger partial charge is 0.496 e. The third-order valence-electron chi connectivity index (χ3n) is 5.52. The summed E-state index contributed by atoms with van der Waals surface area (Å²) >= 11 is 0. The van der Waals surface area contributed by atoms with Crippen LogP contribution in [0, 0.1) is 0 Å². The molecule has 28 heavy (non-hydrogen) atoms. The van der Waals surface area contributed by atoms with Gasteiger partial charge in [0.15, 0.2) is 0 Å². The highest BCUT2D eigenvalue weighted by molar-refractivity contribution is 6.06. The topological polar surface area (TPSA) is 71.1 Å². The standard InChI is InChI=1S/C22H20O6/c1-25-13-9-5-7-11-15(13)17-12-8-6-10-14(26-2)16(12)18(11)20(22(24)28-4)19(17)21(23)27-3/h5-10,17-18H,1-4H3/t17-,18-/m0/s1. The molecule has 0 amide bonds. The fourth-order valence-corrected chi connectivity index (χ4v) is 4.50. The maximum absolute atomic E-state index is 12.8. The van der Waals surface area contributed by atoms with Gasteiger partial charge in [0, 0.05) is 23.0 Å². The summed E-state index contributed by atoms with van der Waals surface area (Å²) < 4.78 is 21.3. The van der Waals surface area contributed by atoms with Crippen molar-refractivity contribution in [3.05, 3.63) is 69.8 Å². The molecule has 0 aromatic heterocycles. The summed E-state index contributed by atoms with van der Waals surface area (Å²) in [6, 6.07) is 11.3. The van der Waals surface area contributed by atoms with E-state index in [-0.39, 0.29) is 11.1 Å². The van der Waals surface area contributed by atoms with Crippen LogP contribution in [0.25, 0.3) is 0 Å². The molecule has 3 aliphatic carbocycles. The van der Waals surface area contributed by atoms with E-state index in [1.165, 1.54) is 14.2 Å². The van der Waals surface area contributed by atoms with Gasteiger partial charge in [0.1, 0.15) is 11.5 Å². The summed E-state index contributed by atoms with van der Waals surface area (Å²) in [7, 11) is 5.80. The number of carbonyl (C=O) groups is 2. The Hall–Kier alpha value is -3.28. The van der Waals surface area contributed by atoms with Gasteiger partial charge in [-0.25, -0.2) is 9.59 Å². The summed E-state index contributed by atoms with van der Waals surface area (Å²) in [4.78, 5) is 25.6. The van der Waals surface area contributed by atoms with Crippen molar-refractivity contribution >= 4 is 11.9 Å². The van der Waals surface area contributed by atoms with Crippen molar-refractivity contribution in [1.82, 2.24) is 0 Å². The summed E-state index contributed by atoms with van der Waals surface area (Å²) in [6.07, 6.45) is 0. The van der Waals surface area contributed by atoms with Crippen LogP contribution in [0.2, 0.25) is 0 Å². The van der Waals surface area contributed by atoms with Gasteiger partial charge in [-0.1, -0.05) is 24.3 Å². The second kappa shape index (κ2) is 6.71. The monoisotopic (exact) mass is 380 g/mol. The average molecular weight is 380 g/mol. The summed E-state index contributed by atoms with van der Waals surface area (Å²) in [5.74, 6) is -0.816. The maximum atomic E-state index is 12.8. The van der Waals surface area contributed by atoms with Gasteiger partial charge in [0.05, 0.1) is 39.6 Å². The molecule has 0 N–H and O–H groups in total. The zero-order chi connectivity index (χ0) is 20.0. The lowest BCUT2D eigenvalue weighted by molar-refractivity contribution is -0.140. The average Bonchev–Trinajstić information content (AvgIpc) is 2.76. The van der Waals surface area contributed by atoms with E-state index in [4.69, 9.17) is 18.9 Å². The number of carbonyl (C=O) groups excluding carboxylic acids is 2. The summed E-state index contributed by atoms with van der Waals surface area (Å²) in [5, 5.41) is 0. The number of ether oxygens (including phenoxy) is 4. The molecular weight excluding hydrogens is 360 g/mol. The smallest absolute Gasteiger partial charge is 0.335 e. The molecule has 0 fully saturated rings. The van der Waals surface area contributed by atoms with E-state index in [0.717, 1.165) is 22.3 Å². The van der Waals surface area contributed by atoms with Crippen LogP contribution in [0.15, 0.2) is 47.5 Å². The van der Waals surface area contributed by atoms with E-state index in [2.05, 4.69) is 0 Å². The fraction of sp³-hybridized carbons (Fsp3) is 0.273. The zero-order valence-electron chi connectivity index (χ0n) is 16.1. The number of esters is 2. The molecule has 0 aliphatic heterocycles. The molecule has 144 valence electrons. The van der Waals surface area contributed by atoms with E-state index >= 15 is 0 Å². The Labute approximate surface area is 162 Å². The first-order valence-corrected chi connectivity index (χ1v) is 8.83. The highest BCUT2D eigenvalue weighted by Crippen LogP contribution is 2.59. The van der Waals surface area contributed by atoms with E-state index in [1.54, 1.807) is 14.2 Å². The van der Waals surface area contributed by atoms with Gasteiger partial charge < -0.3 is 18.9 Å². The highest BCUT2D eigenvalue weighted by Gasteiger charge is 2.50. The molecule has 0 unspecified atom stereocenters. The minimum absolute atomic E-state index is 0.289. The molecule has 6 heteroatoms. The Morgan fingerprint density at radius 2 is 1.07 bits per heavy atom. The molecule has 2 bridgehead atoms. The van der Waals surface area contributed by atoms with Crippen molar-refractivity contribution in [2.45, 2.75) is 11.8 Å². The van der Waals surface area contributed by atoms with Crippen LogP contribution in [-0.4, -0.2) is 40.4 Å². The van der Waals surface area contributed by atoms with Crippen LogP contribution in [0.5, 0.6) is 11.5 Å². The molecule has 5 rings (SSSR count). The van der Waals surface area contributed by atoms with E-state index in [0.29, 0.717) is 11.5 Å². The molecule has 2 atom stereocenters. The van der Waals surface area contributed by atoms with Crippen LogP contribution >= 0.6 is 0 Å². The SMILES string of the molecule is COC(=O)C1=C(C(=O)OC)[C@H]2c3cccc(OC)c3[C@@H]1c1cccc(OC)c12. The summed E-state index contributed by atoms with van der Waals surface area (Å²) in [5.41, 5.74) is 4.10. The Morgan fingerprint density at radius 1 is 0.679 bits per heavy atom. The van der Waals surface area contributed by atoms with Gasteiger partial charge >= 0.3 is 11.9 Å². The molecule has 2 aromatic carbocycles. The molecule has 6 nitrogen and oxygen atoms in total. The van der Waals surface area contributed by atoms with Gasteiger partial charge in [-0.15, -0.1) is 0 Å². The number of benzene rings is 2. The third-order valence-corrected chi connectivity index (χ3v) is 5.52. The number of rotatable bonds is 4. The Bertz CT molecular complexity index is 938. The normalized spacial score (nSPS) is 18.9. The molecule has 0 radical (unpaired) electrons. The van der Waals surface area contributed by atoms with Crippen molar-refractivity contribution in [2.75, 3.05) is 28.4 Å². The van der Waals surface area contributed by atoms with Crippen LogP contribution in [0.3, 0.4) is 0 Å². The van der Waals surface area contributed by atoms with Crippen molar-refractivity contribution in [3.8, 4) is 11.5 Å². The maximum Gasteiger partial charge on any atom is 0.335 e. The molecule has 2 aromatic rings. The molecular formula is C22H20O6. The fourth-order valence-electron chi connectivity index (χ4n) is 4.50. The predicted octanol–water partition coefficient (Wildman–Crippen LogP) is 2.94. The van der Waals surface area contributed by atoms with Crippen molar-refractivity contribution in [1.29, 1.82) is 0 Å². The quantitative estimate of drug-likeness (QED) is 0.760. The lowest BCUT2D eigenvalue weighted by Crippen LogP contribution is -2.35. The van der Waals surface area contributed by atoms with Crippen molar-refractivity contribution in [2.24, 2.45) is 0 Å². The van der Waals surface area contributed by atoms with Crippen molar-refractivity contribution in [3.63, 3.8) is 0 Å². The van der Waals surface area contributed by atoms with Crippen LogP contribution in [0.1, 0.15) is 34.1 Å². The number of hydrogen-bond donors (Lipinski definition) is 0. The highest BCUT2D eigenvalue weighted by atomic mass is 16.5. The van der Waals surface area contributed by atoms with Gasteiger partial charge in [-0.05, 0) is 23.3 Å². The van der Waals surface area contributed by atoms with Gasteiger partial charge in [-0.2, -0.15) is 0 Å². The number of methoxy groups -OCH3 is 4. The van der Waals surface area contributed by atoms with E-state index in [1.807, 2.05) is 36.4 Å². The van der Waals surface area contributed by atoms with E-state index in [9.17, 15) is 9.59 Å². The first-order chi connectivity index (χ1) is 13.6. The second-order valence-corrected chi connectivity index (χ2v) is 6.60. The third kappa shape index (κ3) is 2.27. The predicted molar refractivity (Wildman–Crippen MR) is 101 cm³/mol. The lowest BCUT2D eigenvalue weighted by atomic mass is 9.60. The van der Waals surface area contributed by atoms with Crippen LogP contribution in [-0.2, 0) is 19.1 Å². The number of hydrogen-bond acceptors (Lipinski definition) is 6. The molecule has 0 saturated carbocycles. The Kier molecular flexibility index (Phi) is 4.34. The van der Waals surface area contributed by atoms with Gasteiger partial charge in [0.25, 0.3) is 0 Å². The Balaban J connectivity index is 2.14. The van der Waals surface area contributed by atoms with Crippen LogP contribution < -0.4 is 9.47 Å². The zero-order valence-corrected chi connectivity index (χ0v) is 16.1. The molecule has 0 spiro atoms. The molecule has 0 saturated heterocycles. The molecule has 3 aliphatic rings. The first-order valence-electron chi connectivity index (χ1n) is 8.83. The van der Waals surface area contributed by atoms with Gasteiger partial charge in [-0.3, -0.25) is 0 Å². The van der Waals surface area contributed by atoms with Crippen LogP contribution in [0.4, 0.5) is 0 Å². The Morgan fingerprint density at radius 3 is 1.39 bits per heavy atom. The van der Waals surface area contributed by atoms with Crippen molar-refractivity contribution < 1.29 is 28.5 Å². The molecule has 0 heterocycles. The first kappa shape index (κ1) is 18.1. The van der Waals surface area contributed by atoms with Gasteiger partial charge in [0.2, 0.25) is 0 Å². The second-order valence-electron chi connectivity index (χ2n) is 6.60. The minimum Gasteiger partial charge on any atom is -0.496 e. The summed E-state index contributed by atoms with van der Waals surface area (Å²) in [6.45, 7) is 0.